The number of pyridine rings is 1. The number of imidazole rings is 1. The number of hydrogen-bond acceptors (Lipinski definition) is 7. The van der Waals surface area contributed by atoms with Gasteiger partial charge in [0.05, 0.1) is 33.4 Å². The van der Waals surface area contributed by atoms with Crippen LogP contribution in [0.25, 0.3) is 16.8 Å². The van der Waals surface area contributed by atoms with Crippen molar-refractivity contribution in [3.63, 3.8) is 0 Å². The number of benzene rings is 1. The molecule has 3 N–H and O–H groups in total. The molecule has 0 saturated heterocycles. The Balaban J connectivity index is 1.27. The van der Waals surface area contributed by atoms with E-state index in [4.69, 9.17) is 11.6 Å². The zero-order valence-corrected chi connectivity index (χ0v) is 24.2. The maximum atomic E-state index is 13.4. The minimum Gasteiger partial charge on any atom is -0.327 e. The second kappa shape index (κ2) is 11.0. The van der Waals surface area contributed by atoms with E-state index >= 15 is 0 Å². The number of amides is 2. The summed E-state index contributed by atoms with van der Waals surface area (Å²) in [6, 6.07) is 7.09. The van der Waals surface area contributed by atoms with Crippen LogP contribution in [0.1, 0.15) is 62.2 Å². The lowest BCUT2D eigenvalue weighted by atomic mass is 9.92. The first-order chi connectivity index (χ1) is 20.3. The molecule has 1 aliphatic carbocycles. The van der Waals surface area contributed by atoms with Crippen molar-refractivity contribution in [2.75, 3.05) is 17.2 Å². The summed E-state index contributed by atoms with van der Waals surface area (Å²) in [5.74, 6) is 1.58. The first-order valence-electron chi connectivity index (χ1n) is 13.7. The van der Waals surface area contributed by atoms with Gasteiger partial charge in [-0.2, -0.15) is 5.10 Å². The standard InChI is InChI=1S/C30H29ClN8O3/c1-16-18(7-5-9-20(16)35-29(41)26-19-8-4-6-17(15-40)27(19)39(3)37-26)25-24(31)21(10-13-33-25)36-30(42)28-34-22-14-32-12-11-23(22)38(28)2/h5,7,9-10,13,32H,4,6,8,11-12,14H2,1-3H3,(H,35,41)(H,33,36,42). The number of carbonyl (C=O) groups excluding carboxylic acids is 3. The number of anilines is 2. The summed E-state index contributed by atoms with van der Waals surface area (Å²) in [5.41, 5.74) is 7.04. The van der Waals surface area contributed by atoms with Crippen LogP contribution in [0.5, 0.6) is 0 Å². The maximum Gasteiger partial charge on any atom is 0.291 e. The monoisotopic (exact) mass is 584 g/mol. The third kappa shape index (κ3) is 4.71. The molecule has 1 aromatic carbocycles. The molecule has 11 nitrogen and oxygen atoms in total. The van der Waals surface area contributed by atoms with E-state index < -0.39 is 0 Å². The molecule has 214 valence electrons. The normalized spacial score (nSPS) is 14.1. The number of rotatable bonds is 5. The molecule has 0 unspecified atom stereocenters. The molecule has 0 saturated carbocycles. The maximum absolute atomic E-state index is 13.4. The van der Waals surface area contributed by atoms with Gasteiger partial charge >= 0.3 is 0 Å². The van der Waals surface area contributed by atoms with Crippen LogP contribution in [0, 0.1) is 6.92 Å². The van der Waals surface area contributed by atoms with Crippen LogP contribution in [0.15, 0.2) is 30.5 Å². The van der Waals surface area contributed by atoms with E-state index in [1.807, 2.05) is 30.5 Å². The van der Waals surface area contributed by atoms with Crippen molar-refractivity contribution in [2.24, 2.45) is 14.1 Å². The number of halogens is 1. The highest BCUT2D eigenvalue weighted by Crippen LogP contribution is 2.36. The summed E-state index contributed by atoms with van der Waals surface area (Å²) in [6.45, 7) is 3.33. The Morgan fingerprint density at radius 2 is 1.88 bits per heavy atom. The van der Waals surface area contributed by atoms with Crippen molar-refractivity contribution in [1.29, 1.82) is 0 Å². The summed E-state index contributed by atoms with van der Waals surface area (Å²) < 4.78 is 3.40. The summed E-state index contributed by atoms with van der Waals surface area (Å²) in [5, 5.41) is 13.8. The molecular formula is C30H29ClN8O3. The van der Waals surface area contributed by atoms with E-state index in [2.05, 4.69) is 31.0 Å². The summed E-state index contributed by atoms with van der Waals surface area (Å²) in [7, 11) is 3.57. The summed E-state index contributed by atoms with van der Waals surface area (Å²) in [6.07, 6.45) is 4.42. The van der Waals surface area contributed by atoms with Gasteiger partial charge in [-0.3, -0.25) is 19.3 Å². The van der Waals surface area contributed by atoms with Gasteiger partial charge in [0.2, 0.25) is 0 Å². The highest BCUT2D eigenvalue weighted by molar-refractivity contribution is 6.36. The molecule has 0 fully saturated rings. The van der Waals surface area contributed by atoms with Gasteiger partial charge < -0.3 is 20.5 Å². The number of aromatic nitrogens is 5. The van der Waals surface area contributed by atoms with E-state index in [0.29, 0.717) is 59.1 Å². The van der Waals surface area contributed by atoms with Crippen molar-refractivity contribution >= 4 is 46.3 Å². The molecular weight excluding hydrogens is 556 g/mol. The van der Waals surface area contributed by atoms with Crippen molar-refractivity contribution in [2.45, 2.75) is 39.2 Å². The fraction of sp³-hybridized carbons (Fsp3) is 0.300. The predicted molar refractivity (Wildman–Crippen MR) is 159 cm³/mol. The van der Waals surface area contributed by atoms with Crippen LogP contribution < -0.4 is 16.0 Å². The van der Waals surface area contributed by atoms with E-state index in [-0.39, 0.29) is 22.5 Å². The quantitative estimate of drug-likeness (QED) is 0.303. The lowest BCUT2D eigenvalue weighted by Crippen LogP contribution is -2.24. The van der Waals surface area contributed by atoms with Gasteiger partial charge in [-0.05, 0) is 43.9 Å². The lowest BCUT2D eigenvalue weighted by molar-refractivity contribution is 0.100. The highest BCUT2D eigenvalue weighted by atomic mass is 35.5. The Morgan fingerprint density at radius 1 is 1.07 bits per heavy atom. The fourth-order valence-electron chi connectivity index (χ4n) is 5.80. The molecule has 3 aromatic heterocycles. The third-order valence-electron chi connectivity index (χ3n) is 7.93. The molecule has 4 heterocycles. The van der Waals surface area contributed by atoms with Crippen LogP contribution in [0.3, 0.4) is 0 Å². The first-order valence-corrected chi connectivity index (χ1v) is 14.1. The number of nitrogens with zero attached hydrogens (tertiary/aromatic N) is 5. The average Bonchev–Trinajstić information content (AvgIpc) is 3.52. The van der Waals surface area contributed by atoms with Crippen LogP contribution in [0.2, 0.25) is 5.02 Å². The number of carbonyl (C=O) groups is 2. The smallest absolute Gasteiger partial charge is 0.291 e. The Hall–Kier alpha value is -4.57. The third-order valence-corrected chi connectivity index (χ3v) is 8.31. The van der Waals surface area contributed by atoms with E-state index in [9.17, 15) is 14.4 Å². The average molecular weight is 585 g/mol. The molecule has 12 heteroatoms. The van der Waals surface area contributed by atoms with Crippen LogP contribution in [-0.2, 0) is 38.3 Å². The van der Waals surface area contributed by atoms with E-state index in [1.54, 1.807) is 36.1 Å². The number of hydrogen-bond donors (Lipinski definition) is 3. The number of fused-ring (bicyclic) bond motifs is 2. The predicted octanol–water partition coefficient (Wildman–Crippen LogP) is 3.88. The Labute approximate surface area is 247 Å². The molecule has 2 amide bonds. The molecule has 2 aliphatic rings. The molecule has 4 aromatic rings. The van der Waals surface area contributed by atoms with E-state index in [0.717, 1.165) is 41.9 Å². The Morgan fingerprint density at radius 3 is 2.67 bits per heavy atom. The van der Waals surface area contributed by atoms with Crippen molar-refractivity contribution in [1.82, 2.24) is 29.6 Å². The van der Waals surface area contributed by atoms with Crippen molar-refractivity contribution < 1.29 is 14.4 Å². The van der Waals surface area contributed by atoms with Gasteiger partial charge in [0.25, 0.3) is 11.8 Å². The zero-order valence-electron chi connectivity index (χ0n) is 23.5. The molecule has 0 bridgehead atoms. The SMILES string of the molecule is Cc1c(NC(=O)c2nn(C)c3c2CCCC3=C=O)cccc1-c1nccc(NC(=O)c2nc3c(n2C)CCNC3)c1Cl. The Bertz CT molecular complexity index is 1820. The van der Waals surface area contributed by atoms with Gasteiger partial charge in [-0.15, -0.1) is 0 Å². The summed E-state index contributed by atoms with van der Waals surface area (Å²) >= 11 is 6.80. The summed E-state index contributed by atoms with van der Waals surface area (Å²) in [4.78, 5) is 47.1. The van der Waals surface area contributed by atoms with Crippen molar-refractivity contribution in [3.05, 3.63) is 75.2 Å². The van der Waals surface area contributed by atoms with Crippen LogP contribution in [-0.4, -0.2) is 48.6 Å². The number of allylic oxidation sites excluding steroid dienone is 1. The van der Waals surface area contributed by atoms with Gasteiger partial charge in [-0.1, -0.05) is 23.7 Å². The number of nitrogens with one attached hydrogen (secondary N) is 3. The largest absolute Gasteiger partial charge is 0.327 e. The topological polar surface area (TPSA) is 136 Å². The Kier molecular flexibility index (Phi) is 7.24. The molecule has 0 atom stereocenters. The molecule has 1 aliphatic heterocycles. The van der Waals surface area contributed by atoms with Crippen molar-refractivity contribution in [3.8, 4) is 11.3 Å². The minimum absolute atomic E-state index is 0.269. The zero-order chi connectivity index (χ0) is 29.5. The number of aryl methyl sites for hydroxylation is 1. The lowest BCUT2D eigenvalue weighted by Gasteiger charge is -2.16. The highest BCUT2D eigenvalue weighted by Gasteiger charge is 2.28. The molecule has 0 spiro atoms. The van der Waals surface area contributed by atoms with Gasteiger partial charge in [0.1, 0.15) is 5.94 Å². The van der Waals surface area contributed by atoms with E-state index in [1.165, 1.54) is 0 Å². The van der Waals surface area contributed by atoms with Gasteiger partial charge in [-0.25, -0.2) is 9.78 Å². The fourth-order valence-corrected chi connectivity index (χ4v) is 6.06. The van der Waals surface area contributed by atoms with Crippen LogP contribution in [0.4, 0.5) is 11.4 Å². The van der Waals surface area contributed by atoms with Gasteiger partial charge in [0.15, 0.2) is 11.5 Å². The van der Waals surface area contributed by atoms with Crippen LogP contribution >= 0.6 is 11.6 Å². The molecule has 0 radical (unpaired) electrons. The minimum atomic E-state index is -0.368. The second-order valence-corrected chi connectivity index (χ2v) is 10.8. The second-order valence-electron chi connectivity index (χ2n) is 10.5. The molecule has 42 heavy (non-hydrogen) atoms. The molecule has 6 rings (SSSR count). The van der Waals surface area contributed by atoms with Gasteiger partial charge in [0, 0.05) is 62.3 Å². The first kappa shape index (κ1) is 27.6.